The molecule has 1 aliphatic heterocycles. The van der Waals surface area contributed by atoms with Crippen molar-refractivity contribution in [2.75, 3.05) is 39.9 Å². The van der Waals surface area contributed by atoms with Crippen LogP contribution in [0.4, 0.5) is 0 Å². The molecule has 2 unspecified atom stereocenters. The number of aliphatic hydroxyl groups excluding tert-OH is 1. The quantitative estimate of drug-likeness (QED) is 0.591. The molecule has 0 bridgehead atoms. The van der Waals surface area contributed by atoms with Gasteiger partial charge in [0.15, 0.2) is 5.96 Å². The summed E-state index contributed by atoms with van der Waals surface area (Å²) in [6.45, 7) is 6.08. The van der Waals surface area contributed by atoms with Crippen LogP contribution in [0, 0.1) is 5.92 Å². The molecule has 1 aliphatic rings. The number of hydrogen-bond acceptors (Lipinski definition) is 3. The molecule has 0 amide bonds. The Labute approximate surface area is 139 Å². The molecular formula is C18H29N3O2. The van der Waals surface area contributed by atoms with Gasteiger partial charge in [-0.2, -0.15) is 0 Å². The van der Waals surface area contributed by atoms with Crippen LogP contribution in [-0.4, -0.2) is 62.0 Å². The maximum absolute atomic E-state index is 10.2. The van der Waals surface area contributed by atoms with Crippen LogP contribution in [-0.2, 0) is 11.2 Å². The van der Waals surface area contributed by atoms with Crippen LogP contribution in [0.2, 0.25) is 0 Å². The number of guanidine groups is 1. The monoisotopic (exact) mass is 319 g/mol. The van der Waals surface area contributed by atoms with E-state index in [1.165, 1.54) is 0 Å². The summed E-state index contributed by atoms with van der Waals surface area (Å²) in [7, 11) is 1.75. The third-order valence-corrected chi connectivity index (χ3v) is 4.09. The van der Waals surface area contributed by atoms with Crippen molar-refractivity contribution in [3.8, 4) is 0 Å². The molecule has 5 nitrogen and oxygen atoms in total. The van der Waals surface area contributed by atoms with Crippen molar-refractivity contribution in [3.05, 3.63) is 35.9 Å². The minimum absolute atomic E-state index is 0.419. The maximum atomic E-state index is 10.2. The number of likely N-dealkylation sites (tertiary alicyclic amines) is 1. The molecule has 2 N–H and O–H groups in total. The third-order valence-electron chi connectivity index (χ3n) is 4.09. The zero-order chi connectivity index (χ0) is 16.5. The SMILES string of the molecule is CCNC(=NCC(O)Cc1ccccc1)N1CCC(COC)C1. The van der Waals surface area contributed by atoms with Gasteiger partial charge in [0, 0.05) is 39.1 Å². The van der Waals surface area contributed by atoms with Crippen molar-refractivity contribution < 1.29 is 9.84 Å². The Morgan fingerprint density at radius 2 is 2.22 bits per heavy atom. The molecule has 0 aliphatic carbocycles. The number of hydrogen-bond donors (Lipinski definition) is 2. The second-order valence-corrected chi connectivity index (χ2v) is 6.09. The van der Waals surface area contributed by atoms with E-state index in [1.54, 1.807) is 7.11 Å². The lowest BCUT2D eigenvalue weighted by molar-refractivity contribution is 0.157. The van der Waals surface area contributed by atoms with Crippen LogP contribution in [0.15, 0.2) is 35.3 Å². The lowest BCUT2D eigenvalue weighted by Gasteiger charge is -2.22. The van der Waals surface area contributed by atoms with Crippen LogP contribution in [0.5, 0.6) is 0 Å². The van der Waals surface area contributed by atoms with E-state index in [1.807, 2.05) is 30.3 Å². The fourth-order valence-corrected chi connectivity index (χ4v) is 2.97. The van der Waals surface area contributed by atoms with E-state index in [2.05, 4.69) is 22.1 Å². The molecule has 1 fully saturated rings. The van der Waals surface area contributed by atoms with Gasteiger partial charge in [0.05, 0.1) is 19.3 Å². The molecular weight excluding hydrogens is 290 g/mol. The predicted molar refractivity (Wildman–Crippen MR) is 93.7 cm³/mol. The smallest absolute Gasteiger partial charge is 0.194 e. The summed E-state index contributed by atoms with van der Waals surface area (Å²) in [6, 6.07) is 10.0. The molecule has 128 valence electrons. The average molecular weight is 319 g/mol. The number of ether oxygens (including phenoxy) is 1. The van der Waals surface area contributed by atoms with Gasteiger partial charge in [0.1, 0.15) is 0 Å². The van der Waals surface area contributed by atoms with E-state index >= 15 is 0 Å². The van der Waals surface area contributed by atoms with Gasteiger partial charge in [-0.3, -0.25) is 4.99 Å². The lowest BCUT2D eigenvalue weighted by atomic mass is 10.1. The molecule has 1 aromatic carbocycles. The highest BCUT2D eigenvalue weighted by Gasteiger charge is 2.24. The van der Waals surface area contributed by atoms with E-state index in [-0.39, 0.29) is 0 Å². The zero-order valence-electron chi connectivity index (χ0n) is 14.2. The highest BCUT2D eigenvalue weighted by molar-refractivity contribution is 5.80. The fourth-order valence-electron chi connectivity index (χ4n) is 2.97. The summed E-state index contributed by atoms with van der Waals surface area (Å²) in [5, 5.41) is 13.6. The van der Waals surface area contributed by atoms with Crippen LogP contribution < -0.4 is 5.32 Å². The Kier molecular flexibility index (Phi) is 7.36. The van der Waals surface area contributed by atoms with E-state index in [0.29, 0.717) is 18.9 Å². The summed E-state index contributed by atoms with van der Waals surface area (Å²) < 4.78 is 5.25. The van der Waals surface area contributed by atoms with Crippen molar-refractivity contribution in [1.82, 2.24) is 10.2 Å². The molecule has 0 spiro atoms. The Balaban J connectivity index is 1.88. The van der Waals surface area contributed by atoms with Gasteiger partial charge in [-0.15, -0.1) is 0 Å². The highest BCUT2D eigenvalue weighted by Crippen LogP contribution is 2.16. The van der Waals surface area contributed by atoms with E-state index < -0.39 is 6.10 Å². The molecule has 0 saturated carbocycles. The van der Waals surface area contributed by atoms with Gasteiger partial charge >= 0.3 is 0 Å². The average Bonchev–Trinajstić information content (AvgIpc) is 3.01. The highest BCUT2D eigenvalue weighted by atomic mass is 16.5. The first-order valence-corrected chi connectivity index (χ1v) is 8.47. The summed E-state index contributed by atoms with van der Waals surface area (Å²) in [6.07, 6.45) is 1.31. The molecule has 23 heavy (non-hydrogen) atoms. The van der Waals surface area contributed by atoms with E-state index in [9.17, 15) is 5.11 Å². The number of benzene rings is 1. The van der Waals surface area contributed by atoms with Gasteiger partial charge in [-0.1, -0.05) is 30.3 Å². The molecule has 0 radical (unpaired) electrons. The number of nitrogens with zero attached hydrogens (tertiary/aromatic N) is 2. The van der Waals surface area contributed by atoms with Gasteiger partial charge in [0.2, 0.25) is 0 Å². The van der Waals surface area contributed by atoms with Crippen molar-refractivity contribution in [1.29, 1.82) is 0 Å². The second-order valence-electron chi connectivity index (χ2n) is 6.09. The van der Waals surface area contributed by atoms with Gasteiger partial charge in [0.25, 0.3) is 0 Å². The molecule has 2 atom stereocenters. The second kappa shape index (κ2) is 9.53. The minimum atomic E-state index is -0.455. The van der Waals surface area contributed by atoms with Crippen LogP contribution in [0.3, 0.4) is 0 Å². The first-order valence-electron chi connectivity index (χ1n) is 8.47. The topological polar surface area (TPSA) is 57.1 Å². The summed E-state index contributed by atoms with van der Waals surface area (Å²) in [5.41, 5.74) is 1.14. The third kappa shape index (κ3) is 5.84. The fraction of sp³-hybridized carbons (Fsp3) is 0.611. The van der Waals surface area contributed by atoms with Crippen molar-refractivity contribution in [2.24, 2.45) is 10.9 Å². The maximum Gasteiger partial charge on any atom is 0.194 e. The Hall–Kier alpha value is -1.59. The lowest BCUT2D eigenvalue weighted by Crippen LogP contribution is -2.40. The molecule has 1 heterocycles. The van der Waals surface area contributed by atoms with Crippen LogP contribution in [0.1, 0.15) is 18.9 Å². The molecule has 5 heteroatoms. The van der Waals surface area contributed by atoms with Gasteiger partial charge in [-0.05, 0) is 18.9 Å². The number of rotatable bonds is 7. The first-order chi connectivity index (χ1) is 11.2. The minimum Gasteiger partial charge on any atom is -0.391 e. The molecule has 0 aromatic heterocycles. The van der Waals surface area contributed by atoms with Crippen LogP contribution >= 0.6 is 0 Å². The van der Waals surface area contributed by atoms with Gasteiger partial charge in [-0.25, -0.2) is 0 Å². The van der Waals surface area contributed by atoms with Gasteiger partial charge < -0.3 is 20.1 Å². The normalized spacial score (nSPS) is 19.9. The number of methoxy groups -OCH3 is 1. The largest absolute Gasteiger partial charge is 0.391 e. The number of aliphatic imine (C=N–C) groups is 1. The van der Waals surface area contributed by atoms with E-state index in [4.69, 9.17) is 4.74 Å². The Morgan fingerprint density at radius 1 is 1.43 bits per heavy atom. The first kappa shape index (κ1) is 17.8. The van der Waals surface area contributed by atoms with Crippen molar-refractivity contribution >= 4 is 5.96 Å². The van der Waals surface area contributed by atoms with Crippen molar-refractivity contribution in [2.45, 2.75) is 25.9 Å². The zero-order valence-corrected chi connectivity index (χ0v) is 14.2. The number of nitrogens with one attached hydrogen (secondary N) is 1. The van der Waals surface area contributed by atoms with E-state index in [0.717, 1.165) is 44.2 Å². The van der Waals surface area contributed by atoms with Crippen LogP contribution in [0.25, 0.3) is 0 Å². The Bertz CT molecular complexity index is 478. The summed E-state index contributed by atoms with van der Waals surface area (Å²) in [4.78, 5) is 6.89. The molecule has 1 saturated heterocycles. The Morgan fingerprint density at radius 3 is 2.91 bits per heavy atom. The summed E-state index contributed by atoms with van der Waals surface area (Å²) >= 11 is 0. The molecule has 2 rings (SSSR count). The summed E-state index contributed by atoms with van der Waals surface area (Å²) in [5.74, 6) is 1.47. The standard InChI is InChI=1S/C18H29N3O2/c1-3-19-18(21-10-9-16(13-21)14-23-2)20-12-17(22)11-15-7-5-4-6-8-15/h4-8,16-17,22H,3,9-14H2,1-2H3,(H,19,20). The molecule has 1 aromatic rings. The predicted octanol–water partition coefficient (Wildman–Crippen LogP) is 1.52. The number of aliphatic hydroxyl groups is 1. The van der Waals surface area contributed by atoms with Crippen molar-refractivity contribution in [3.63, 3.8) is 0 Å².